The van der Waals surface area contributed by atoms with Gasteiger partial charge in [0.25, 0.3) is 21.6 Å². The Morgan fingerprint density at radius 1 is 1.01 bits per heavy atom. The van der Waals surface area contributed by atoms with Gasteiger partial charge in [-0.05, 0) is 137 Å². The zero-order valence-electron chi connectivity index (χ0n) is 39.1. The first-order valence-electron chi connectivity index (χ1n) is 24.0. The van der Waals surface area contributed by atoms with E-state index < -0.39 is 37.0 Å². The van der Waals surface area contributed by atoms with Crippen molar-refractivity contribution in [1.82, 2.24) is 19.6 Å². The van der Waals surface area contributed by atoms with E-state index in [0.717, 1.165) is 49.6 Å². The van der Waals surface area contributed by atoms with Crippen LogP contribution in [0.25, 0.3) is 11.0 Å². The number of carbonyl (C=O) groups excluding carboxylic acids is 1. The molecular weight excluding hydrogens is 903 g/mol. The Morgan fingerprint density at radius 2 is 1.78 bits per heavy atom. The van der Waals surface area contributed by atoms with E-state index in [9.17, 15) is 28.4 Å². The van der Waals surface area contributed by atoms with Crippen LogP contribution in [0.1, 0.15) is 118 Å². The van der Waals surface area contributed by atoms with E-state index in [2.05, 4.69) is 62.9 Å². The van der Waals surface area contributed by atoms with Gasteiger partial charge in [0, 0.05) is 60.6 Å². The lowest BCUT2D eigenvalue weighted by atomic mass is 9.59. The number of nitro benzene ring substituents is 1. The SMILES string of the molecule is CSc1nc2[nH]ccc2cc1Oc1cc(N2CCC3(CC2)CC(N2CCC[C@H]2c2ccccc2C(C)C)C3)ccc1C(=O)NS(=O)(=O)c1cc2c(c([N+](=O)[O-])c1)N[C@@H]([C@H]1CC[C@](C)(O)CC1)CO2. The number of aromatic amines is 1. The molecule has 1 amide bonds. The molecule has 0 bridgehead atoms. The number of sulfonamides is 1. The smallest absolute Gasteiger partial charge is 0.297 e. The van der Waals surface area contributed by atoms with Crippen LogP contribution in [0.5, 0.6) is 17.2 Å². The van der Waals surface area contributed by atoms with Crippen molar-refractivity contribution in [1.29, 1.82) is 0 Å². The quantitative estimate of drug-likeness (QED) is 0.0525. The van der Waals surface area contributed by atoms with Crippen LogP contribution >= 0.6 is 11.8 Å². The predicted octanol–water partition coefficient (Wildman–Crippen LogP) is 9.93. The number of nitrogens with zero attached hydrogens (tertiary/aromatic N) is 4. The fraction of sp³-hybridized carbons (Fsp3) is 0.490. The molecule has 68 heavy (non-hydrogen) atoms. The van der Waals surface area contributed by atoms with Crippen molar-refractivity contribution in [2.24, 2.45) is 11.3 Å². The lowest BCUT2D eigenvalue weighted by Crippen LogP contribution is -2.54. The highest BCUT2D eigenvalue weighted by atomic mass is 32.2. The summed E-state index contributed by atoms with van der Waals surface area (Å²) in [6, 6.07) is 20.8. The third kappa shape index (κ3) is 9.02. The molecule has 0 radical (unpaired) electrons. The van der Waals surface area contributed by atoms with Gasteiger partial charge in [0.1, 0.15) is 23.0 Å². The fourth-order valence-electron chi connectivity index (χ4n) is 11.7. The topological polar surface area (TPSA) is 192 Å². The van der Waals surface area contributed by atoms with E-state index in [1.54, 1.807) is 18.3 Å². The first kappa shape index (κ1) is 46.4. The van der Waals surface area contributed by atoms with Crippen molar-refractivity contribution in [3.05, 3.63) is 99.7 Å². The van der Waals surface area contributed by atoms with Gasteiger partial charge in [-0.25, -0.2) is 18.1 Å². The first-order valence-corrected chi connectivity index (χ1v) is 26.7. The van der Waals surface area contributed by atoms with E-state index in [1.165, 1.54) is 54.6 Å². The molecule has 5 aromatic rings. The minimum Gasteiger partial charge on any atom is -0.489 e. The summed E-state index contributed by atoms with van der Waals surface area (Å²) in [5.74, 6) is 0.184. The summed E-state index contributed by atoms with van der Waals surface area (Å²) < 4.78 is 42.9. The Morgan fingerprint density at radius 3 is 2.51 bits per heavy atom. The lowest BCUT2D eigenvalue weighted by molar-refractivity contribution is -0.384. The number of anilines is 2. The Hall–Kier alpha value is -5.36. The molecule has 2 saturated heterocycles. The van der Waals surface area contributed by atoms with E-state index in [1.807, 2.05) is 31.4 Å². The molecule has 5 heterocycles. The minimum atomic E-state index is -4.67. The van der Waals surface area contributed by atoms with Crippen LogP contribution in [-0.2, 0) is 10.0 Å². The minimum absolute atomic E-state index is 0.00471. The van der Waals surface area contributed by atoms with Gasteiger partial charge in [-0.15, -0.1) is 11.8 Å². The number of hydrogen-bond acceptors (Lipinski definition) is 13. The van der Waals surface area contributed by atoms with Crippen molar-refractivity contribution in [3.8, 4) is 17.2 Å². The number of carbonyl (C=O) groups is 1. The number of aliphatic hydroxyl groups is 1. The van der Waals surface area contributed by atoms with Gasteiger partial charge in [-0.2, -0.15) is 0 Å². The van der Waals surface area contributed by atoms with Gasteiger partial charge in [-0.1, -0.05) is 38.1 Å². The van der Waals surface area contributed by atoms with E-state index >= 15 is 0 Å². The molecule has 5 aliphatic rings. The summed E-state index contributed by atoms with van der Waals surface area (Å²) >= 11 is 1.38. The predicted molar refractivity (Wildman–Crippen MR) is 264 cm³/mol. The lowest BCUT2D eigenvalue weighted by Gasteiger charge is -2.56. The molecule has 17 heteroatoms. The Kier molecular flexibility index (Phi) is 12.4. The molecule has 3 aliphatic heterocycles. The van der Waals surface area contributed by atoms with Crippen molar-refractivity contribution in [2.45, 2.75) is 125 Å². The van der Waals surface area contributed by atoms with Crippen molar-refractivity contribution >= 4 is 55.8 Å². The summed E-state index contributed by atoms with van der Waals surface area (Å²) in [5.41, 5.74) is 3.59. The maximum atomic E-state index is 14.3. The molecule has 0 unspecified atom stereocenters. The van der Waals surface area contributed by atoms with Crippen LogP contribution in [0.3, 0.4) is 0 Å². The fourth-order valence-corrected chi connectivity index (χ4v) is 13.2. The number of amides is 1. The van der Waals surface area contributed by atoms with Gasteiger partial charge in [0.15, 0.2) is 17.2 Å². The first-order chi connectivity index (χ1) is 32.6. The number of ether oxygens (including phenoxy) is 2. The van der Waals surface area contributed by atoms with Crippen LogP contribution in [0, 0.1) is 21.4 Å². The van der Waals surface area contributed by atoms with E-state index in [0.29, 0.717) is 60.1 Å². The Balaban J connectivity index is 0.875. The molecule has 2 aliphatic carbocycles. The second kappa shape index (κ2) is 18.2. The maximum absolute atomic E-state index is 14.3. The summed E-state index contributed by atoms with van der Waals surface area (Å²) in [5, 5.41) is 27.5. The molecule has 3 aromatic carbocycles. The molecular formula is C51H61N7O8S2. The van der Waals surface area contributed by atoms with Gasteiger partial charge in [-0.3, -0.25) is 19.8 Å². The number of likely N-dealkylation sites (tertiary alicyclic amines) is 1. The second-order valence-corrected chi connectivity index (χ2v) is 22.8. The summed E-state index contributed by atoms with van der Waals surface area (Å²) in [6.45, 7) is 9.35. The maximum Gasteiger partial charge on any atom is 0.297 e. The van der Waals surface area contributed by atoms with Gasteiger partial charge in [0.2, 0.25) is 0 Å². The third-order valence-electron chi connectivity index (χ3n) is 15.6. The Labute approximate surface area is 402 Å². The van der Waals surface area contributed by atoms with Crippen LogP contribution < -0.4 is 24.4 Å². The number of nitro groups is 1. The van der Waals surface area contributed by atoms with Crippen molar-refractivity contribution in [3.63, 3.8) is 0 Å². The van der Waals surface area contributed by atoms with Gasteiger partial charge < -0.3 is 29.8 Å². The van der Waals surface area contributed by atoms with Gasteiger partial charge in [0.05, 0.1) is 27.0 Å². The number of rotatable bonds is 12. The van der Waals surface area contributed by atoms with Gasteiger partial charge >= 0.3 is 0 Å². The highest BCUT2D eigenvalue weighted by Gasteiger charge is 2.50. The zero-order valence-corrected chi connectivity index (χ0v) is 40.8. The van der Waals surface area contributed by atoms with Crippen LogP contribution in [0.4, 0.5) is 17.1 Å². The molecule has 2 aromatic heterocycles. The monoisotopic (exact) mass is 963 g/mol. The number of aromatic nitrogens is 2. The zero-order chi connectivity index (χ0) is 47.5. The van der Waals surface area contributed by atoms with Crippen LogP contribution in [0.15, 0.2) is 82.8 Å². The molecule has 2 saturated carbocycles. The number of fused-ring (bicyclic) bond motifs is 2. The number of pyridine rings is 1. The normalized spacial score (nSPS) is 24.0. The number of piperidine rings is 1. The molecule has 4 N–H and O–H groups in total. The van der Waals surface area contributed by atoms with Crippen LogP contribution in [-0.4, -0.2) is 89.4 Å². The summed E-state index contributed by atoms with van der Waals surface area (Å²) in [6.07, 6.45) is 13.2. The average Bonchev–Trinajstić information content (AvgIpc) is 3.99. The van der Waals surface area contributed by atoms with Crippen molar-refractivity contribution < 1.29 is 32.7 Å². The van der Waals surface area contributed by atoms with Crippen molar-refractivity contribution in [2.75, 3.05) is 42.7 Å². The highest BCUT2D eigenvalue weighted by Crippen LogP contribution is 2.54. The molecule has 2 atom stereocenters. The average molecular weight is 964 g/mol. The summed E-state index contributed by atoms with van der Waals surface area (Å²) in [4.78, 5) is 38.5. The third-order valence-corrected chi connectivity index (χ3v) is 17.6. The molecule has 4 fully saturated rings. The number of nitrogens with one attached hydrogen (secondary N) is 3. The number of H-pyrrole nitrogens is 1. The number of hydrogen-bond donors (Lipinski definition) is 4. The summed E-state index contributed by atoms with van der Waals surface area (Å²) in [7, 11) is -4.67. The number of benzene rings is 3. The van der Waals surface area contributed by atoms with Crippen LogP contribution in [0.2, 0.25) is 0 Å². The molecule has 1 spiro atoms. The number of thioether (sulfide) groups is 1. The Bertz CT molecular complexity index is 2840. The molecule has 10 rings (SSSR count). The molecule has 360 valence electrons. The molecule has 15 nitrogen and oxygen atoms in total. The standard InChI is InChI=1S/C51H61N7O8S2/c1-31(2)37-8-5-6-9-38(37)41-10-7-21-57(41)35-28-51(29-35)18-22-56(23-19-51)34-11-12-39(43(25-34)66-45-24-33-15-20-52-47(33)54-49(45)67-4)48(59)55-68(63,64)36-26-42(58(61)62)46-44(27-36)65-30-40(53-46)32-13-16-50(3,60)17-14-32/h5-6,8-9,11-12,15,20,24-27,31-32,35,40-41,53,60H,7,10,13-14,16-19,21-23,28-30H2,1-4H3,(H,52,54)(H,55,59)/t32-,40-,41+,50-/m1/s1. The largest absolute Gasteiger partial charge is 0.489 e. The van der Waals surface area contributed by atoms with E-state index in [-0.39, 0.29) is 46.7 Å². The second-order valence-electron chi connectivity index (χ2n) is 20.3. The van der Waals surface area contributed by atoms with E-state index in [4.69, 9.17) is 14.5 Å². The highest BCUT2D eigenvalue weighted by molar-refractivity contribution is 7.98.